The summed E-state index contributed by atoms with van der Waals surface area (Å²) >= 11 is 6.52. The minimum absolute atomic E-state index is 0.0706. The number of carbonyl (C=O) groups excluding carboxylic acids is 4. The first kappa shape index (κ1) is 30.6. The summed E-state index contributed by atoms with van der Waals surface area (Å²) in [7, 11) is 3.41. The third-order valence-corrected chi connectivity index (χ3v) is 7.90. The largest absolute Gasteiger partial charge is 0.445 e. The lowest BCUT2D eigenvalue weighted by molar-refractivity contribution is -0.115. The SMILES string of the molecule is Cc1cc(C(=O)N(C)[C@H](C)CN(Cc2nn(C)cc2-c2cc(Cl)c3c(c2)CC(=O)N3)C(=O)OCc2ccccc2)c(C=O)[nH]1. The van der Waals surface area contributed by atoms with E-state index in [2.05, 4.69) is 15.4 Å². The van der Waals surface area contributed by atoms with Gasteiger partial charge in [0.2, 0.25) is 5.91 Å². The number of benzene rings is 2. The summed E-state index contributed by atoms with van der Waals surface area (Å²) in [5, 5.41) is 7.85. The van der Waals surface area contributed by atoms with Crippen LogP contribution in [0.3, 0.4) is 0 Å². The molecule has 0 saturated heterocycles. The van der Waals surface area contributed by atoms with Gasteiger partial charge in [-0.25, -0.2) is 4.79 Å². The third kappa shape index (κ3) is 6.52. The molecule has 0 saturated carbocycles. The average molecular weight is 617 g/mol. The van der Waals surface area contributed by atoms with Gasteiger partial charge in [0.15, 0.2) is 6.29 Å². The Morgan fingerprint density at radius 1 is 1.20 bits per heavy atom. The van der Waals surface area contributed by atoms with Crippen molar-refractivity contribution >= 4 is 41.5 Å². The standard InChI is InChI=1S/C32H33ClN6O5/c1-19-10-24(28(17-40)34-19)31(42)38(4)20(2)14-39(32(43)44-18-21-8-6-5-7-9-21)16-27-25(15-37(3)36-27)22-11-23-13-29(41)35-30(23)26(33)12-22/h5-12,15,17,20,34H,13-14,16,18H2,1-4H3,(H,35,41)/t20-/m1/s1. The number of carbonyl (C=O) groups is 4. The number of likely N-dealkylation sites (N-methyl/N-ethyl adjacent to an activating group) is 1. The van der Waals surface area contributed by atoms with E-state index in [1.165, 1.54) is 9.80 Å². The van der Waals surface area contributed by atoms with Crippen molar-refractivity contribution in [3.63, 3.8) is 0 Å². The first-order chi connectivity index (χ1) is 21.0. The number of aldehydes is 1. The van der Waals surface area contributed by atoms with Crippen molar-refractivity contribution in [2.45, 2.75) is 39.5 Å². The molecule has 1 atom stereocenters. The molecule has 4 aromatic rings. The van der Waals surface area contributed by atoms with Gasteiger partial charge in [-0.1, -0.05) is 41.9 Å². The van der Waals surface area contributed by atoms with Crippen LogP contribution in [0.4, 0.5) is 10.5 Å². The number of ether oxygens (including phenoxy) is 1. The topological polar surface area (TPSA) is 130 Å². The summed E-state index contributed by atoms with van der Waals surface area (Å²) in [5.41, 5.74) is 5.47. The zero-order valence-electron chi connectivity index (χ0n) is 24.9. The molecule has 3 amide bonds. The van der Waals surface area contributed by atoms with E-state index in [1.807, 2.05) is 49.5 Å². The Balaban J connectivity index is 1.42. The van der Waals surface area contributed by atoms with Crippen molar-refractivity contribution in [3.05, 3.63) is 93.5 Å². The van der Waals surface area contributed by atoms with Crippen LogP contribution in [-0.2, 0) is 36.2 Å². The molecule has 228 valence electrons. The minimum atomic E-state index is -0.578. The zero-order chi connectivity index (χ0) is 31.5. The fourth-order valence-corrected chi connectivity index (χ4v) is 5.54. The molecule has 1 aliphatic heterocycles. The highest BCUT2D eigenvalue weighted by molar-refractivity contribution is 6.34. The molecule has 11 nitrogen and oxygen atoms in total. The van der Waals surface area contributed by atoms with Crippen LogP contribution in [-0.4, -0.2) is 68.4 Å². The lowest BCUT2D eigenvalue weighted by atomic mass is 10.0. The fourth-order valence-electron chi connectivity index (χ4n) is 5.25. The number of hydrogen-bond acceptors (Lipinski definition) is 6. The van der Waals surface area contributed by atoms with Crippen LogP contribution in [0, 0.1) is 6.92 Å². The van der Waals surface area contributed by atoms with E-state index in [9.17, 15) is 19.2 Å². The average Bonchev–Trinajstić information content (AvgIpc) is 3.70. The monoisotopic (exact) mass is 616 g/mol. The summed E-state index contributed by atoms with van der Waals surface area (Å²) in [6.45, 7) is 3.85. The fraction of sp³-hybridized carbons (Fsp3) is 0.281. The molecule has 12 heteroatoms. The second-order valence-corrected chi connectivity index (χ2v) is 11.4. The number of aromatic amines is 1. The van der Waals surface area contributed by atoms with Gasteiger partial charge in [-0.05, 0) is 48.7 Å². The van der Waals surface area contributed by atoms with Gasteiger partial charge in [-0.3, -0.25) is 19.1 Å². The summed E-state index contributed by atoms with van der Waals surface area (Å²) in [5.74, 6) is -0.475. The van der Waals surface area contributed by atoms with Crippen LogP contribution in [0.5, 0.6) is 0 Å². The molecule has 0 radical (unpaired) electrons. The Morgan fingerprint density at radius 2 is 1.95 bits per heavy atom. The van der Waals surface area contributed by atoms with E-state index in [1.54, 1.807) is 37.8 Å². The molecule has 0 unspecified atom stereocenters. The normalized spacial score (nSPS) is 12.8. The van der Waals surface area contributed by atoms with E-state index in [-0.39, 0.29) is 49.2 Å². The summed E-state index contributed by atoms with van der Waals surface area (Å²) in [4.78, 5) is 56.3. The summed E-state index contributed by atoms with van der Waals surface area (Å²) in [6.07, 6.45) is 2.09. The third-order valence-electron chi connectivity index (χ3n) is 7.60. The number of amides is 3. The van der Waals surface area contributed by atoms with E-state index in [0.29, 0.717) is 28.4 Å². The van der Waals surface area contributed by atoms with Crippen molar-refractivity contribution < 1.29 is 23.9 Å². The highest BCUT2D eigenvalue weighted by Gasteiger charge is 2.28. The molecular weight excluding hydrogens is 584 g/mol. The van der Waals surface area contributed by atoms with Gasteiger partial charge in [-0.15, -0.1) is 0 Å². The number of anilines is 1. The quantitative estimate of drug-likeness (QED) is 0.242. The number of nitrogens with zero attached hydrogens (tertiary/aromatic N) is 4. The number of hydrogen-bond donors (Lipinski definition) is 2. The number of fused-ring (bicyclic) bond motifs is 1. The Kier molecular flexibility index (Phi) is 8.86. The molecule has 2 aromatic heterocycles. The highest BCUT2D eigenvalue weighted by atomic mass is 35.5. The predicted molar refractivity (Wildman–Crippen MR) is 165 cm³/mol. The van der Waals surface area contributed by atoms with Crippen molar-refractivity contribution in [3.8, 4) is 11.1 Å². The summed E-state index contributed by atoms with van der Waals surface area (Å²) in [6, 6.07) is 14.2. The van der Waals surface area contributed by atoms with Crippen molar-refractivity contribution in [2.24, 2.45) is 7.05 Å². The Morgan fingerprint density at radius 3 is 2.68 bits per heavy atom. The van der Waals surface area contributed by atoms with Crippen molar-refractivity contribution in [1.29, 1.82) is 0 Å². The van der Waals surface area contributed by atoms with E-state index < -0.39 is 12.1 Å². The van der Waals surface area contributed by atoms with Crippen LogP contribution in [0.2, 0.25) is 5.02 Å². The Labute approximate surface area is 259 Å². The molecule has 0 spiro atoms. The minimum Gasteiger partial charge on any atom is -0.445 e. The maximum absolute atomic E-state index is 13.6. The molecule has 5 rings (SSSR count). The molecular formula is C32H33ClN6O5. The summed E-state index contributed by atoms with van der Waals surface area (Å²) < 4.78 is 7.35. The lowest BCUT2D eigenvalue weighted by Gasteiger charge is -2.30. The second-order valence-electron chi connectivity index (χ2n) is 11.0. The molecule has 2 aromatic carbocycles. The van der Waals surface area contributed by atoms with Crippen LogP contribution < -0.4 is 5.32 Å². The molecule has 0 fully saturated rings. The first-order valence-corrected chi connectivity index (χ1v) is 14.4. The van der Waals surface area contributed by atoms with Gasteiger partial charge in [0.25, 0.3) is 5.91 Å². The van der Waals surface area contributed by atoms with Crippen LogP contribution >= 0.6 is 11.6 Å². The number of aromatic nitrogens is 3. The first-order valence-electron chi connectivity index (χ1n) is 14.1. The number of halogens is 1. The lowest BCUT2D eigenvalue weighted by Crippen LogP contribution is -2.45. The maximum atomic E-state index is 13.6. The molecule has 0 bridgehead atoms. The number of rotatable bonds is 10. The van der Waals surface area contributed by atoms with Gasteiger partial charge in [-0.2, -0.15) is 5.10 Å². The zero-order valence-corrected chi connectivity index (χ0v) is 25.6. The van der Waals surface area contributed by atoms with Crippen molar-refractivity contribution in [1.82, 2.24) is 24.6 Å². The molecule has 44 heavy (non-hydrogen) atoms. The van der Waals surface area contributed by atoms with Crippen LogP contribution in [0.1, 0.15) is 50.3 Å². The molecule has 3 heterocycles. The Hall–Kier alpha value is -4.90. The van der Waals surface area contributed by atoms with Gasteiger partial charge >= 0.3 is 6.09 Å². The smallest absolute Gasteiger partial charge is 0.410 e. The van der Waals surface area contributed by atoms with Crippen LogP contribution in [0.25, 0.3) is 11.1 Å². The number of nitrogens with one attached hydrogen (secondary N) is 2. The van der Waals surface area contributed by atoms with E-state index in [4.69, 9.17) is 16.3 Å². The number of aryl methyl sites for hydroxylation is 2. The number of H-pyrrole nitrogens is 1. The predicted octanol–water partition coefficient (Wildman–Crippen LogP) is 4.98. The van der Waals surface area contributed by atoms with Gasteiger partial charge < -0.3 is 24.8 Å². The highest BCUT2D eigenvalue weighted by Crippen LogP contribution is 2.37. The van der Waals surface area contributed by atoms with Gasteiger partial charge in [0, 0.05) is 44.1 Å². The second kappa shape index (κ2) is 12.8. The molecule has 0 aliphatic carbocycles. The van der Waals surface area contributed by atoms with Crippen molar-refractivity contribution in [2.75, 3.05) is 18.9 Å². The van der Waals surface area contributed by atoms with Crippen LogP contribution in [0.15, 0.2) is 54.7 Å². The van der Waals surface area contributed by atoms with E-state index >= 15 is 0 Å². The van der Waals surface area contributed by atoms with Gasteiger partial charge in [0.05, 0.1) is 40.6 Å². The maximum Gasteiger partial charge on any atom is 0.410 e. The molecule has 2 N–H and O–H groups in total. The van der Waals surface area contributed by atoms with Gasteiger partial charge in [0.1, 0.15) is 6.61 Å². The molecule has 1 aliphatic rings. The Bertz CT molecular complexity index is 1730. The van der Waals surface area contributed by atoms with E-state index in [0.717, 1.165) is 22.3 Å².